The topological polar surface area (TPSA) is 26.3 Å². The van der Waals surface area contributed by atoms with E-state index in [1.807, 2.05) is 0 Å². The SMILES string of the molecule is C=C(C=O)Oc1ccc(Cl)cc1. The number of ether oxygens (including phenoxy) is 1. The number of aldehydes is 1. The van der Waals surface area contributed by atoms with Crippen LogP contribution in [0.1, 0.15) is 0 Å². The summed E-state index contributed by atoms with van der Waals surface area (Å²) in [7, 11) is 0. The van der Waals surface area contributed by atoms with Crippen LogP contribution in [0.25, 0.3) is 0 Å². The Bertz CT molecular complexity index is 290. The van der Waals surface area contributed by atoms with Crippen molar-refractivity contribution in [2.45, 2.75) is 0 Å². The molecule has 0 aliphatic rings. The van der Waals surface area contributed by atoms with E-state index < -0.39 is 0 Å². The first-order valence-corrected chi connectivity index (χ1v) is 3.67. The Balaban J connectivity index is 2.71. The summed E-state index contributed by atoms with van der Waals surface area (Å²) in [5.74, 6) is 0.633. The maximum absolute atomic E-state index is 10.1. The van der Waals surface area contributed by atoms with E-state index in [0.717, 1.165) is 0 Å². The van der Waals surface area contributed by atoms with E-state index in [2.05, 4.69) is 6.58 Å². The van der Waals surface area contributed by atoms with Crippen LogP contribution in [0.2, 0.25) is 5.02 Å². The molecule has 0 radical (unpaired) electrons. The molecule has 0 fully saturated rings. The Labute approximate surface area is 75.4 Å². The molecule has 1 aromatic carbocycles. The number of benzene rings is 1. The number of hydrogen-bond donors (Lipinski definition) is 0. The molecule has 3 heteroatoms. The Morgan fingerprint density at radius 2 is 2.00 bits per heavy atom. The Morgan fingerprint density at radius 3 is 2.50 bits per heavy atom. The third-order valence-electron chi connectivity index (χ3n) is 1.19. The molecule has 0 bridgehead atoms. The van der Waals surface area contributed by atoms with Crippen LogP contribution in [0.4, 0.5) is 0 Å². The lowest BCUT2D eigenvalue weighted by atomic mass is 10.3. The number of rotatable bonds is 3. The molecule has 0 N–H and O–H groups in total. The minimum atomic E-state index is 0.0809. The quantitative estimate of drug-likeness (QED) is 0.408. The molecule has 0 unspecified atom stereocenters. The molecule has 0 heterocycles. The molecule has 0 amide bonds. The van der Waals surface area contributed by atoms with E-state index in [1.165, 1.54) is 0 Å². The van der Waals surface area contributed by atoms with Gasteiger partial charge in [0.05, 0.1) is 0 Å². The highest BCUT2D eigenvalue weighted by Gasteiger charge is 1.95. The largest absolute Gasteiger partial charge is 0.455 e. The highest BCUT2D eigenvalue weighted by Crippen LogP contribution is 2.16. The number of hydrogen-bond acceptors (Lipinski definition) is 2. The molecular weight excluding hydrogens is 176 g/mol. The molecule has 1 rings (SSSR count). The molecule has 0 aliphatic carbocycles. The van der Waals surface area contributed by atoms with E-state index in [4.69, 9.17) is 16.3 Å². The fourth-order valence-electron chi connectivity index (χ4n) is 0.678. The highest BCUT2D eigenvalue weighted by atomic mass is 35.5. The van der Waals surface area contributed by atoms with E-state index in [-0.39, 0.29) is 5.76 Å². The Morgan fingerprint density at radius 1 is 1.42 bits per heavy atom. The molecule has 0 spiro atoms. The van der Waals surface area contributed by atoms with Gasteiger partial charge in [0.25, 0.3) is 0 Å². The van der Waals surface area contributed by atoms with Crippen LogP contribution in [0, 0.1) is 0 Å². The average Bonchev–Trinajstić information content (AvgIpc) is 2.09. The van der Waals surface area contributed by atoms with Crippen molar-refractivity contribution in [3.05, 3.63) is 41.6 Å². The molecule has 0 aromatic heterocycles. The average molecular weight is 183 g/mol. The van der Waals surface area contributed by atoms with Crippen LogP contribution < -0.4 is 4.74 Å². The van der Waals surface area contributed by atoms with Gasteiger partial charge in [-0.05, 0) is 24.3 Å². The molecule has 0 aliphatic heterocycles. The zero-order valence-corrected chi connectivity index (χ0v) is 7.04. The monoisotopic (exact) mass is 182 g/mol. The zero-order chi connectivity index (χ0) is 8.97. The van der Waals surface area contributed by atoms with Crippen LogP contribution in [-0.4, -0.2) is 6.29 Å². The van der Waals surface area contributed by atoms with E-state index in [1.54, 1.807) is 24.3 Å². The zero-order valence-electron chi connectivity index (χ0n) is 6.29. The Hall–Kier alpha value is -1.28. The molecule has 0 saturated heterocycles. The second kappa shape index (κ2) is 3.93. The maximum Gasteiger partial charge on any atom is 0.184 e. The number of carbonyl (C=O) groups is 1. The van der Waals surface area contributed by atoms with Crippen molar-refractivity contribution in [3.8, 4) is 5.75 Å². The lowest BCUT2D eigenvalue weighted by molar-refractivity contribution is -0.106. The van der Waals surface area contributed by atoms with Crippen molar-refractivity contribution >= 4 is 17.9 Å². The lowest BCUT2D eigenvalue weighted by Crippen LogP contribution is -1.93. The van der Waals surface area contributed by atoms with Gasteiger partial charge in [0.1, 0.15) is 5.75 Å². The standard InChI is InChI=1S/C9H7ClO2/c1-7(6-11)12-9-4-2-8(10)3-5-9/h2-6H,1H2. The fourth-order valence-corrected chi connectivity index (χ4v) is 0.804. The molecule has 0 saturated carbocycles. The van der Waals surface area contributed by atoms with Gasteiger partial charge in [0.2, 0.25) is 0 Å². The minimum absolute atomic E-state index is 0.0809. The van der Waals surface area contributed by atoms with Crippen LogP contribution >= 0.6 is 11.6 Å². The molecular formula is C9H7ClO2. The van der Waals surface area contributed by atoms with Gasteiger partial charge in [-0.1, -0.05) is 18.2 Å². The molecule has 12 heavy (non-hydrogen) atoms. The first-order valence-electron chi connectivity index (χ1n) is 3.30. The summed E-state index contributed by atoms with van der Waals surface area (Å²) in [4.78, 5) is 10.1. The number of allylic oxidation sites excluding steroid dienone is 1. The molecule has 1 aromatic rings. The highest BCUT2D eigenvalue weighted by molar-refractivity contribution is 6.30. The van der Waals surface area contributed by atoms with Crippen molar-refractivity contribution in [2.75, 3.05) is 0 Å². The van der Waals surface area contributed by atoms with Crippen LogP contribution in [-0.2, 0) is 4.79 Å². The fraction of sp³-hybridized carbons (Fsp3) is 0. The van der Waals surface area contributed by atoms with Gasteiger partial charge < -0.3 is 4.74 Å². The van der Waals surface area contributed by atoms with Gasteiger partial charge in [0.15, 0.2) is 12.0 Å². The predicted molar refractivity (Wildman–Crippen MR) is 47.3 cm³/mol. The van der Waals surface area contributed by atoms with E-state index in [0.29, 0.717) is 17.1 Å². The third-order valence-corrected chi connectivity index (χ3v) is 1.45. The molecule has 2 nitrogen and oxygen atoms in total. The molecule has 62 valence electrons. The van der Waals surface area contributed by atoms with Crippen molar-refractivity contribution in [2.24, 2.45) is 0 Å². The number of carbonyl (C=O) groups excluding carboxylic acids is 1. The van der Waals surface area contributed by atoms with Gasteiger partial charge in [-0.2, -0.15) is 0 Å². The van der Waals surface area contributed by atoms with Gasteiger partial charge in [-0.15, -0.1) is 0 Å². The van der Waals surface area contributed by atoms with Gasteiger partial charge in [-0.3, -0.25) is 4.79 Å². The van der Waals surface area contributed by atoms with Crippen molar-refractivity contribution in [3.63, 3.8) is 0 Å². The van der Waals surface area contributed by atoms with Gasteiger partial charge in [-0.25, -0.2) is 0 Å². The van der Waals surface area contributed by atoms with Crippen molar-refractivity contribution < 1.29 is 9.53 Å². The molecule has 0 atom stereocenters. The van der Waals surface area contributed by atoms with Crippen LogP contribution in [0.5, 0.6) is 5.75 Å². The maximum atomic E-state index is 10.1. The summed E-state index contributed by atoms with van der Waals surface area (Å²) in [6.07, 6.45) is 0.550. The van der Waals surface area contributed by atoms with Crippen molar-refractivity contribution in [1.82, 2.24) is 0 Å². The van der Waals surface area contributed by atoms with E-state index in [9.17, 15) is 4.79 Å². The number of halogens is 1. The summed E-state index contributed by atoms with van der Waals surface area (Å²) >= 11 is 5.63. The second-order valence-corrected chi connectivity index (χ2v) is 2.58. The minimum Gasteiger partial charge on any atom is -0.455 e. The van der Waals surface area contributed by atoms with Gasteiger partial charge in [0, 0.05) is 5.02 Å². The first kappa shape index (κ1) is 8.81. The lowest BCUT2D eigenvalue weighted by Gasteiger charge is -2.01. The summed E-state index contributed by atoms with van der Waals surface area (Å²) in [6.45, 7) is 3.37. The van der Waals surface area contributed by atoms with Crippen LogP contribution in [0.15, 0.2) is 36.6 Å². The van der Waals surface area contributed by atoms with Gasteiger partial charge >= 0.3 is 0 Å². The summed E-state index contributed by atoms with van der Waals surface area (Å²) < 4.78 is 5.00. The summed E-state index contributed by atoms with van der Waals surface area (Å²) in [5.41, 5.74) is 0. The summed E-state index contributed by atoms with van der Waals surface area (Å²) in [5, 5.41) is 0.624. The normalized spacial score (nSPS) is 9.08. The third kappa shape index (κ3) is 2.40. The second-order valence-electron chi connectivity index (χ2n) is 2.14. The predicted octanol–water partition coefficient (Wildman–Crippen LogP) is 2.43. The smallest absolute Gasteiger partial charge is 0.184 e. The summed E-state index contributed by atoms with van der Waals surface area (Å²) in [6, 6.07) is 6.68. The Kier molecular flexibility index (Phi) is 2.88. The van der Waals surface area contributed by atoms with Crippen molar-refractivity contribution in [1.29, 1.82) is 0 Å². The first-order chi connectivity index (χ1) is 5.72. The van der Waals surface area contributed by atoms with E-state index >= 15 is 0 Å². The van der Waals surface area contributed by atoms with Crippen LogP contribution in [0.3, 0.4) is 0 Å².